The molecular formula is C25H34F2N4O2S2. The summed E-state index contributed by atoms with van der Waals surface area (Å²) in [6.45, 7) is 5.02. The van der Waals surface area contributed by atoms with Gasteiger partial charge >= 0.3 is 0 Å². The van der Waals surface area contributed by atoms with Crippen LogP contribution in [0.25, 0.3) is 0 Å². The molecular weight excluding hydrogens is 490 g/mol. The first kappa shape index (κ1) is 25.0. The lowest BCUT2D eigenvalue weighted by molar-refractivity contribution is -0.122. The molecule has 0 saturated heterocycles. The number of hydrogen-bond acceptors (Lipinski definition) is 7. The van der Waals surface area contributed by atoms with Crippen molar-refractivity contribution in [3.05, 3.63) is 26.7 Å². The third kappa shape index (κ3) is 6.38. The number of amides is 1. The maximum atomic E-state index is 13.1. The van der Waals surface area contributed by atoms with Crippen LogP contribution in [0.3, 0.4) is 0 Å². The molecule has 2 aliphatic carbocycles. The number of carbonyl (C=O) groups excluding carboxylic acids is 1. The number of rotatable bonds is 9. The fourth-order valence-electron chi connectivity index (χ4n) is 5.99. The molecule has 3 aliphatic rings. The van der Waals surface area contributed by atoms with Crippen molar-refractivity contribution in [2.24, 2.45) is 11.3 Å². The first-order valence-electron chi connectivity index (χ1n) is 12.6. The minimum Gasteiger partial charge on any atom is -0.464 e. The summed E-state index contributed by atoms with van der Waals surface area (Å²) in [7, 11) is 0. The Labute approximate surface area is 213 Å². The first-order valence-corrected chi connectivity index (χ1v) is 14.2. The number of carbonyl (C=O) groups is 1. The normalized spacial score (nSPS) is 26.5. The summed E-state index contributed by atoms with van der Waals surface area (Å²) in [5.41, 5.74) is 1.42. The van der Waals surface area contributed by atoms with Crippen LogP contribution in [0.2, 0.25) is 0 Å². The Bertz CT molecular complexity index is 1040. The highest BCUT2D eigenvalue weighted by Gasteiger charge is 2.48. The summed E-state index contributed by atoms with van der Waals surface area (Å²) in [5, 5.41) is 4.59. The molecule has 1 amide bonds. The standard InChI is InChI=1S/C25H34F2N4O2S2/c1-16-28-13-19(34-16)9-22(32)29-18-11-25(12-18)6-3-17(10-25)4-7-31-8-5-21-20(14-31)30-23(35-21)33-15-24(2,26)27/h13,17-18H,3-12,14-15H2,1-2H3,(H,29,32). The van der Waals surface area contributed by atoms with E-state index in [1.54, 1.807) is 17.5 Å². The summed E-state index contributed by atoms with van der Waals surface area (Å²) in [5.74, 6) is -1.98. The van der Waals surface area contributed by atoms with Crippen LogP contribution in [-0.2, 0) is 24.2 Å². The van der Waals surface area contributed by atoms with Crippen LogP contribution in [0.15, 0.2) is 6.20 Å². The predicted octanol–water partition coefficient (Wildman–Crippen LogP) is 5.00. The SMILES string of the molecule is Cc1ncc(CC(=O)NC2CC3(CCC(CCN4CCc5sc(OCC(C)(F)F)nc5C4)C3)C2)s1. The Kier molecular flexibility index (Phi) is 7.16. The molecule has 1 atom stereocenters. The van der Waals surface area contributed by atoms with Crippen molar-refractivity contribution in [1.29, 1.82) is 0 Å². The van der Waals surface area contributed by atoms with E-state index in [1.807, 2.05) is 6.92 Å². The number of aryl methyl sites for hydroxylation is 1. The number of thiazole rings is 2. The van der Waals surface area contributed by atoms with Crippen LogP contribution in [0, 0.1) is 18.3 Å². The maximum absolute atomic E-state index is 13.1. The number of alkyl halides is 2. The highest BCUT2D eigenvalue weighted by Crippen LogP contribution is 2.55. The number of fused-ring (bicyclic) bond motifs is 1. The molecule has 10 heteroatoms. The van der Waals surface area contributed by atoms with Gasteiger partial charge in [0, 0.05) is 42.0 Å². The number of nitrogens with one attached hydrogen (secondary N) is 1. The quantitative estimate of drug-likeness (QED) is 0.500. The van der Waals surface area contributed by atoms with E-state index in [0.717, 1.165) is 67.3 Å². The summed E-state index contributed by atoms with van der Waals surface area (Å²) >= 11 is 3.00. The summed E-state index contributed by atoms with van der Waals surface area (Å²) in [6, 6.07) is 0.324. The first-order chi connectivity index (χ1) is 16.6. The molecule has 0 bridgehead atoms. The molecule has 5 rings (SSSR count). The molecule has 2 saturated carbocycles. The molecule has 0 radical (unpaired) electrons. The lowest BCUT2D eigenvalue weighted by Crippen LogP contribution is -2.50. The van der Waals surface area contributed by atoms with Crippen LogP contribution in [0.1, 0.15) is 65.9 Å². The van der Waals surface area contributed by atoms with Gasteiger partial charge in [0.1, 0.15) is 0 Å². The predicted molar refractivity (Wildman–Crippen MR) is 133 cm³/mol. The summed E-state index contributed by atoms with van der Waals surface area (Å²) in [6.07, 6.45) is 10.4. The second-order valence-corrected chi connectivity index (χ2v) is 13.2. The van der Waals surface area contributed by atoms with Crippen LogP contribution in [0.4, 0.5) is 8.78 Å². The zero-order valence-corrected chi connectivity index (χ0v) is 22.1. The van der Waals surface area contributed by atoms with Gasteiger partial charge < -0.3 is 10.1 Å². The van der Waals surface area contributed by atoms with E-state index in [-0.39, 0.29) is 5.91 Å². The van der Waals surface area contributed by atoms with E-state index in [9.17, 15) is 13.6 Å². The Balaban J connectivity index is 1.02. The lowest BCUT2D eigenvalue weighted by atomic mass is 9.64. The number of ether oxygens (including phenoxy) is 1. The Morgan fingerprint density at radius 1 is 1.34 bits per heavy atom. The van der Waals surface area contributed by atoms with Gasteiger partial charge in [0.15, 0.2) is 6.61 Å². The van der Waals surface area contributed by atoms with Crippen molar-refractivity contribution < 1.29 is 18.3 Å². The number of nitrogens with zero attached hydrogens (tertiary/aromatic N) is 3. The largest absolute Gasteiger partial charge is 0.464 e. The molecule has 1 aliphatic heterocycles. The summed E-state index contributed by atoms with van der Waals surface area (Å²) in [4.78, 5) is 25.7. The Morgan fingerprint density at radius 3 is 2.91 bits per heavy atom. The van der Waals surface area contributed by atoms with Gasteiger partial charge in [-0.1, -0.05) is 11.3 Å². The molecule has 192 valence electrons. The minimum absolute atomic E-state index is 0.117. The monoisotopic (exact) mass is 524 g/mol. The van der Waals surface area contributed by atoms with Gasteiger partial charge in [-0.25, -0.2) is 18.7 Å². The molecule has 1 N–H and O–H groups in total. The average molecular weight is 525 g/mol. The van der Waals surface area contributed by atoms with Crippen LogP contribution >= 0.6 is 22.7 Å². The molecule has 1 spiro atoms. The van der Waals surface area contributed by atoms with Crippen molar-refractivity contribution >= 4 is 28.6 Å². The van der Waals surface area contributed by atoms with Gasteiger partial charge in [-0.05, 0) is 69.7 Å². The van der Waals surface area contributed by atoms with E-state index in [4.69, 9.17) is 4.74 Å². The molecule has 3 heterocycles. The van der Waals surface area contributed by atoms with Gasteiger partial charge in [0.05, 0.1) is 17.1 Å². The van der Waals surface area contributed by atoms with Crippen molar-refractivity contribution in [3.63, 3.8) is 0 Å². The van der Waals surface area contributed by atoms with Crippen molar-refractivity contribution in [2.45, 2.75) is 83.7 Å². The highest BCUT2D eigenvalue weighted by atomic mass is 32.1. The van der Waals surface area contributed by atoms with Crippen LogP contribution in [0.5, 0.6) is 5.19 Å². The molecule has 35 heavy (non-hydrogen) atoms. The fourth-order valence-corrected chi connectivity index (χ4v) is 7.69. The van der Waals surface area contributed by atoms with Crippen molar-refractivity contribution in [2.75, 3.05) is 19.7 Å². The fraction of sp³-hybridized carbons (Fsp3) is 0.720. The Morgan fingerprint density at radius 2 is 2.17 bits per heavy atom. The molecule has 1 unspecified atom stereocenters. The van der Waals surface area contributed by atoms with Gasteiger partial charge in [-0.2, -0.15) is 0 Å². The van der Waals surface area contributed by atoms with Crippen LogP contribution in [-0.4, -0.2) is 52.4 Å². The van der Waals surface area contributed by atoms with E-state index >= 15 is 0 Å². The zero-order chi connectivity index (χ0) is 24.6. The zero-order valence-electron chi connectivity index (χ0n) is 20.4. The van der Waals surface area contributed by atoms with Gasteiger partial charge in [-0.3, -0.25) is 9.69 Å². The average Bonchev–Trinajstić information content (AvgIpc) is 3.48. The smallest absolute Gasteiger partial charge is 0.278 e. The van der Waals surface area contributed by atoms with E-state index in [1.165, 1.54) is 41.9 Å². The number of hydrogen-bond donors (Lipinski definition) is 1. The molecule has 2 fully saturated rings. The minimum atomic E-state index is -2.84. The van der Waals surface area contributed by atoms with E-state index in [2.05, 4.69) is 20.2 Å². The molecule has 2 aromatic heterocycles. The van der Waals surface area contributed by atoms with Crippen LogP contribution < -0.4 is 10.1 Å². The second kappa shape index (κ2) is 10.0. The van der Waals surface area contributed by atoms with Gasteiger partial charge in [-0.15, -0.1) is 11.3 Å². The van der Waals surface area contributed by atoms with Crippen molar-refractivity contribution in [1.82, 2.24) is 20.2 Å². The Hall–Kier alpha value is -1.65. The second-order valence-electron chi connectivity index (χ2n) is 10.8. The molecule has 2 aromatic rings. The van der Waals surface area contributed by atoms with E-state index < -0.39 is 12.5 Å². The van der Waals surface area contributed by atoms with Gasteiger partial charge in [0.25, 0.3) is 11.1 Å². The molecule has 6 nitrogen and oxygen atoms in total. The highest BCUT2D eigenvalue weighted by molar-refractivity contribution is 7.13. The summed E-state index contributed by atoms with van der Waals surface area (Å²) < 4.78 is 31.4. The molecule has 0 aromatic carbocycles. The maximum Gasteiger partial charge on any atom is 0.278 e. The topological polar surface area (TPSA) is 67.4 Å². The third-order valence-electron chi connectivity index (χ3n) is 7.62. The lowest BCUT2D eigenvalue weighted by Gasteiger charge is -2.46. The van der Waals surface area contributed by atoms with Crippen molar-refractivity contribution in [3.8, 4) is 5.19 Å². The van der Waals surface area contributed by atoms with E-state index in [0.29, 0.717) is 23.1 Å². The third-order valence-corrected chi connectivity index (χ3v) is 9.60. The number of aromatic nitrogens is 2. The van der Waals surface area contributed by atoms with Gasteiger partial charge in [0.2, 0.25) is 5.91 Å². The number of halogens is 2.